The highest BCUT2D eigenvalue weighted by molar-refractivity contribution is 5.71. The number of hydrogen-bond donors (Lipinski definition) is 0. The predicted octanol–water partition coefficient (Wildman–Crippen LogP) is 4.35. The van der Waals surface area contributed by atoms with Crippen molar-refractivity contribution in [1.82, 2.24) is 4.98 Å². The second kappa shape index (κ2) is 6.82. The maximum atomic E-state index is 13.5. The van der Waals surface area contributed by atoms with Gasteiger partial charge in [0.05, 0.1) is 18.4 Å². The Morgan fingerprint density at radius 3 is 2.56 bits per heavy atom. The van der Waals surface area contributed by atoms with Crippen LogP contribution in [-0.4, -0.2) is 31.5 Å². The van der Waals surface area contributed by atoms with Crippen LogP contribution in [0.25, 0.3) is 11.3 Å². The zero-order valence-corrected chi connectivity index (χ0v) is 14.6. The average Bonchev–Trinajstić information content (AvgIpc) is 2.96. The van der Waals surface area contributed by atoms with Gasteiger partial charge >= 0.3 is 6.18 Å². The smallest absolute Gasteiger partial charge is 0.399 e. The van der Waals surface area contributed by atoms with Gasteiger partial charge in [0.15, 0.2) is 5.75 Å². The molecule has 0 aliphatic carbocycles. The summed E-state index contributed by atoms with van der Waals surface area (Å²) in [6.07, 6.45) is -4.58. The van der Waals surface area contributed by atoms with E-state index in [9.17, 15) is 22.8 Å². The van der Waals surface area contributed by atoms with Gasteiger partial charge in [0.1, 0.15) is 29.5 Å². The molecule has 0 saturated heterocycles. The molecule has 1 aromatic carbocycles. The van der Waals surface area contributed by atoms with E-state index in [1.165, 1.54) is 37.4 Å². The van der Waals surface area contributed by atoms with Crippen LogP contribution < -0.4 is 4.74 Å². The molecule has 8 heteroatoms. The van der Waals surface area contributed by atoms with E-state index in [4.69, 9.17) is 9.47 Å². The SMILES string of the molecule is COCC(c1cc2c(c(-c3ccc(F)cc3)n1)OCC2(C)C#N)C(F)(F)F. The number of ether oxygens (including phenoxy) is 2. The first-order chi connectivity index (χ1) is 12.7. The highest BCUT2D eigenvalue weighted by Gasteiger charge is 2.45. The molecule has 27 heavy (non-hydrogen) atoms. The minimum absolute atomic E-state index is 0.000869. The Morgan fingerprint density at radius 2 is 2.00 bits per heavy atom. The van der Waals surface area contributed by atoms with Crippen LogP contribution >= 0.6 is 0 Å². The van der Waals surface area contributed by atoms with Gasteiger partial charge < -0.3 is 9.47 Å². The first-order valence-corrected chi connectivity index (χ1v) is 8.10. The molecule has 0 bridgehead atoms. The molecular formula is C19H16F4N2O2. The Hall–Kier alpha value is -2.66. The summed E-state index contributed by atoms with van der Waals surface area (Å²) in [7, 11) is 1.18. The Morgan fingerprint density at radius 1 is 1.33 bits per heavy atom. The van der Waals surface area contributed by atoms with Crippen molar-refractivity contribution in [1.29, 1.82) is 5.26 Å². The van der Waals surface area contributed by atoms with Gasteiger partial charge in [-0.1, -0.05) is 0 Å². The van der Waals surface area contributed by atoms with Crippen molar-refractivity contribution in [2.45, 2.75) is 24.4 Å². The molecule has 0 spiro atoms. The number of nitrogens with zero attached hydrogens (tertiary/aromatic N) is 2. The molecule has 0 fully saturated rings. The summed E-state index contributed by atoms with van der Waals surface area (Å²) in [5, 5.41) is 9.52. The molecule has 2 aromatic rings. The van der Waals surface area contributed by atoms with Gasteiger partial charge in [0, 0.05) is 18.2 Å². The van der Waals surface area contributed by atoms with Crippen LogP contribution in [0.5, 0.6) is 5.75 Å². The summed E-state index contributed by atoms with van der Waals surface area (Å²) in [6.45, 7) is 0.983. The van der Waals surface area contributed by atoms with E-state index in [1.54, 1.807) is 6.92 Å². The van der Waals surface area contributed by atoms with E-state index >= 15 is 0 Å². The summed E-state index contributed by atoms with van der Waals surface area (Å²) < 4.78 is 64.2. The molecule has 2 atom stereocenters. The topological polar surface area (TPSA) is 55.1 Å². The van der Waals surface area contributed by atoms with Gasteiger partial charge in [0.2, 0.25) is 0 Å². The maximum Gasteiger partial charge on any atom is 0.399 e. The summed E-state index contributed by atoms with van der Waals surface area (Å²) >= 11 is 0. The van der Waals surface area contributed by atoms with Crippen LogP contribution in [0.2, 0.25) is 0 Å². The van der Waals surface area contributed by atoms with E-state index in [2.05, 4.69) is 11.1 Å². The molecule has 142 valence electrons. The maximum absolute atomic E-state index is 13.5. The summed E-state index contributed by atoms with van der Waals surface area (Å²) in [4.78, 5) is 4.17. The highest BCUT2D eigenvalue weighted by atomic mass is 19.4. The Balaban J connectivity index is 2.25. The van der Waals surface area contributed by atoms with Crippen LogP contribution in [0, 0.1) is 17.1 Å². The summed E-state index contributed by atoms with van der Waals surface area (Å²) in [5.41, 5.74) is -0.499. The fourth-order valence-electron chi connectivity index (χ4n) is 2.99. The Labute approximate surface area is 153 Å². The quantitative estimate of drug-likeness (QED) is 0.740. The van der Waals surface area contributed by atoms with E-state index in [1.807, 2.05) is 0 Å². The molecule has 1 aliphatic heterocycles. The van der Waals surface area contributed by atoms with E-state index < -0.39 is 29.9 Å². The molecule has 2 unspecified atom stereocenters. The minimum Gasteiger partial charge on any atom is -0.489 e. The average molecular weight is 380 g/mol. The first-order valence-electron chi connectivity index (χ1n) is 8.10. The Kier molecular flexibility index (Phi) is 4.82. The number of hydrogen-bond acceptors (Lipinski definition) is 4. The fraction of sp³-hybridized carbons (Fsp3) is 0.368. The molecule has 2 heterocycles. The van der Waals surface area contributed by atoms with E-state index in [0.717, 1.165) is 0 Å². The summed E-state index contributed by atoms with van der Waals surface area (Å²) in [5.74, 6) is -2.20. The van der Waals surface area contributed by atoms with Crippen LogP contribution in [-0.2, 0) is 10.2 Å². The second-order valence-electron chi connectivity index (χ2n) is 6.56. The third-order valence-electron chi connectivity index (χ3n) is 4.54. The van der Waals surface area contributed by atoms with Gasteiger partial charge in [-0.25, -0.2) is 9.37 Å². The number of halogens is 4. The van der Waals surface area contributed by atoms with E-state index in [0.29, 0.717) is 11.1 Å². The van der Waals surface area contributed by atoms with Crippen molar-refractivity contribution >= 4 is 0 Å². The van der Waals surface area contributed by atoms with Gasteiger partial charge in [-0.2, -0.15) is 18.4 Å². The van der Waals surface area contributed by atoms with Crippen molar-refractivity contribution < 1.29 is 27.0 Å². The van der Waals surface area contributed by atoms with Gasteiger partial charge in [-0.15, -0.1) is 0 Å². The van der Waals surface area contributed by atoms with Crippen LogP contribution in [0.15, 0.2) is 30.3 Å². The monoisotopic (exact) mass is 380 g/mol. The van der Waals surface area contributed by atoms with E-state index in [-0.39, 0.29) is 23.7 Å². The number of rotatable bonds is 4. The van der Waals surface area contributed by atoms with Crippen molar-refractivity contribution in [3.05, 3.63) is 47.4 Å². The second-order valence-corrected chi connectivity index (χ2v) is 6.56. The molecule has 4 nitrogen and oxygen atoms in total. The van der Waals surface area contributed by atoms with Crippen molar-refractivity contribution in [2.24, 2.45) is 0 Å². The molecule has 1 aromatic heterocycles. The molecule has 1 aliphatic rings. The minimum atomic E-state index is -4.58. The van der Waals surface area contributed by atoms with Crippen LogP contribution in [0.1, 0.15) is 24.1 Å². The standard InChI is InChI=1S/C19H16F4N2O2/c1-18(9-24)10-27-17-13(18)7-15(14(8-26-2)19(21,22)23)25-16(17)11-3-5-12(20)6-4-11/h3-7,14H,8,10H2,1-2H3. The van der Waals surface area contributed by atoms with Crippen molar-refractivity contribution in [2.75, 3.05) is 20.3 Å². The van der Waals surface area contributed by atoms with Crippen LogP contribution in [0.4, 0.5) is 17.6 Å². The first kappa shape index (κ1) is 19.1. The lowest BCUT2D eigenvalue weighted by atomic mass is 9.84. The molecule has 3 rings (SSSR count). The summed E-state index contributed by atoms with van der Waals surface area (Å²) in [6, 6.07) is 8.54. The van der Waals surface area contributed by atoms with Gasteiger partial charge in [-0.05, 0) is 37.3 Å². The third-order valence-corrected chi connectivity index (χ3v) is 4.54. The number of methoxy groups -OCH3 is 1. The molecule has 0 N–H and O–H groups in total. The zero-order valence-electron chi connectivity index (χ0n) is 14.6. The third kappa shape index (κ3) is 3.47. The Bertz CT molecular complexity index is 890. The number of pyridine rings is 1. The fourth-order valence-corrected chi connectivity index (χ4v) is 2.99. The number of aromatic nitrogens is 1. The number of fused-ring (bicyclic) bond motifs is 1. The largest absolute Gasteiger partial charge is 0.489 e. The highest BCUT2D eigenvalue weighted by Crippen LogP contribution is 2.46. The van der Waals surface area contributed by atoms with Crippen LogP contribution in [0.3, 0.4) is 0 Å². The number of benzene rings is 1. The van der Waals surface area contributed by atoms with Crippen molar-refractivity contribution in [3.8, 4) is 23.1 Å². The van der Waals surface area contributed by atoms with Gasteiger partial charge in [0.25, 0.3) is 0 Å². The van der Waals surface area contributed by atoms with Gasteiger partial charge in [-0.3, -0.25) is 0 Å². The number of alkyl halides is 3. The molecule has 0 amide bonds. The zero-order chi connectivity index (χ0) is 19.8. The lowest BCUT2D eigenvalue weighted by Gasteiger charge is -2.22. The lowest BCUT2D eigenvalue weighted by molar-refractivity contribution is -0.161. The number of nitriles is 1. The molecular weight excluding hydrogens is 364 g/mol. The molecule has 0 saturated carbocycles. The predicted molar refractivity (Wildman–Crippen MR) is 88.8 cm³/mol. The lowest BCUT2D eigenvalue weighted by Crippen LogP contribution is -2.27. The normalized spacial score (nSPS) is 19.9. The van der Waals surface area contributed by atoms with Crippen molar-refractivity contribution in [3.63, 3.8) is 0 Å². The molecule has 0 radical (unpaired) electrons.